The molecule has 1 N–H and O–H groups in total. The number of nitrogens with zero attached hydrogens (tertiary/aromatic N) is 6. The second-order valence-corrected chi connectivity index (χ2v) is 9.93. The van der Waals surface area contributed by atoms with E-state index in [0.717, 1.165) is 55.1 Å². The molecule has 3 aromatic rings. The monoisotopic (exact) mass is 499 g/mol. The Kier molecular flexibility index (Phi) is 8.03. The second kappa shape index (κ2) is 11.4. The number of hydrogen-bond donors (Lipinski definition) is 1. The van der Waals surface area contributed by atoms with Crippen LogP contribution in [0.25, 0.3) is 0 Å². The van der Waals surface area contributed by atoms with Crippen molar-refractivity contribution in [2.75, 3.05) is 44.2 Å². The fraction of sp³-hybridized carbons (Fsp3) is 0.364. The highest BCUT2D eigenvalue weighted by atomic mass is 32.2. The lowest BCUT2D eigenvalue weighted by Crippen LogP contribution is -2.47. The maximum absolute atomic E-state index is 12.6. The zero-order valence-corrected chi connectivity index (χ0v) is 20.3. The highest BCUT2D eigenvalue weighted by Crippen LogP contribution is 2.36. The lowest BCUT2D eigenvalue weighted by Gasteiger charge is -2.34. The van der Waals surface area contributed by atoms with Gasteiger partial charge in [-0.3, -0.25) is 19.8 Å². The van der Waals surface area contributed by atoms with Crippen LogP contribution in [0.5, 0.6) is 0 Å². The maximum atomic E-state index is 12.6. The number of piperazine rings is 1. The fourth-order valence-electron chi connectivity index (χ4n) is 3.59. The third kappa shape index (κ3) is 6.27. The SMILES string of the molecule is Cc1csc(Sc2ccc(C(=O)NCCCN3CCN(c4ncccn4)CC3)cc2[N+](=O)[O-])n1. The average Bonchev–Trinajstić information content (AvgIpc) is 3.27. The Morgan fingerprint density at radius 3 is 2.68 bits per heavy atom. The molecule has 34 heavy (non-hydrogen) atoms. The van der Waals surface area contributed by atoms with Gasteiger partial charge in [-0.1, -0.05) is 11.8 Å². The van der Waals surface area contributed by atoms with Gasteiger partial charge in [0.25, 0.3) is 11.6 Å². The first kappa shape index (κ1) is 24.0. The Labute approximate surface area is 205 Å². The molecule has 1 amide bonds. The molecule has 0 bridgehead atoms. The predicted octanol–water partition coefficient (Wildman–Crippen LogP) is 3.24. The summed E-state index contributed by atoms with van der Waals surface area (Å²) in [6.45, 7) is 6.81. The van der Waals surface area contributed by atoms with Crippen molar-refractivity contribution in [3.63, 3.8) is 0 Å². The quantitative estimate of drug-likeness (QED) is 0.269. The number of anilines is 1. The number of carbonyl (C=O) groups excluding carboxylic acids is 1. The third-order valence-electron chi connectivity index (χ3n) is 5.36. The molecular formula is C22H25N7O3S2. The number of rotatable bonds is 9. The van der Waals surface area contributed by atoms with Gasteiger partial charge in [-0.2, -0.15) is 0 Å². The van der Waals surface area contributed by atoms with Crippen LogP contribution in [-0.2, 0) is 0 Å². The first-order valence-corrected chi connectivity index (χ1v) is 12.6. The van der Waals surface area contributed by atoms with Gasteiger partial charge in [0.15, 0.2) is 4.34 Å². The normalized spacial score (nSPS) is 14.2. The van der Waals surface area contributed by atoms with Crippen LogP contribution in [0, 0.1) is 17.0 Å². The molecule has 4 rings (SSSR count). The van der Waals surface area contributed by atoms with E-state index in [4.69, 9.17) is 0 Å². The van der Waals surface area contributed by atoms with E-state index >= 15 is 0 Å². The molecule has 0 radical (unpaired) electrons. The molecule has 1 fully saturated rings. The molecule has 12 heteroatoms. The molecular weight excluding hydrogens is 474 g/mol. The summed E-state index contributed by atoms with van der Waals surface area (Å²) < 4.78 is 0.731. The van der Waals surface area contributed by atoms with E-state index in [1.807, 2.05) is 18.4 Å². The molecule has 10 nitrogen and oxygen atoms in total. The van der Waals surface area contributed by atoms with Crippen LogP contribution in [-0.4, -0.2) is 70.0 Å². The number of nitro groups is 1. The van der Waals surface area contributed by atoms with Crippen molar-refractivity contribution in [1.29, 1.82) is 0 Å². The molecule has 0 atom stereocenters. The zero-order chi connectivity index (χ0) is 23.9. The largest absolute Gasteiger partial charge is 0.352 e. The van der Waals surface area contributed by atoms with Crippen LogP contribution in [0.3, 0.4) is 0 Å². The van der Waals surface area contributed by atoms with E-state index in [1.165, 1.54) is 29.2 Å². The molecule has 3 heterocycles. The fourth-order valence-corrected chi connectivity index (χ4v) is 5.47. The van der Waals surface area contributed by atoms with Crippen molar-refractivity contribution in [1.82, 2.24) is 25.2 Å². The van der Waals surface area contributed by atoms with E-state index < -0.39 is 4.92 Å². The minimum Gasteiger partial charge on any atom is -0.352 e. The molecule has 0 spiro atoms. The average molecular weight is 500 g/mol. The molecule has 1 aliphatic rings. The van der Waals surface area contributed by atoms with Gasteiger partial charge in [0.2, 0.25) is 5.95 Å². The number of carbonyl (C=O) groups is 1. The molecule has 0 aliphatic carbocycles. The van der Waals surface area contributed by atoms with Crippen LogP contribution in [0.1, 0.15) is 22.5 Å². The van der Waals surface area contributed by atoms with E-state index in [0.29, 0.717) is 11.4 Å². The summed E-state index contributed by atoms with van der Waals surface area (Å²) in [6.07, 6.45) is 4.30. The van der Waals surface area contributed by atoms with Crippen molar-refractivity contribution in [3.8, 4) is 0 Å². The third-order valence-corrected chi connectivity index (χ3v) is 7.48. The lowest BCUT2D eigenvalue weighted by molar-refractivity contribution is -0.387. The summed E-state index contributed by atoms with van der Waals surface area (Å²) in [6, 6.07) is 6.38. The van der Waals surface area contributed by atoms with Crippen molar-refractivity contribution in [3.05, 3.63) is 63.4 Å². The van der Waals surface area contributed by atoms with Gasteiger partial charge in [-0.15, -0.1) is 11.3 Å². The Bertz CT molecular complexity index is 1130. The van der Waals surface area contributed by atoms with Gasteiger partial charge >= 0.3 is 0 Å². The highest BCUT2D eigenvalue weighted by molar-refractivity contribution is 8.01. The van der Waals surface area contributed by atoms with Crippen LogP contribution < -0.4 is 10.2 Å². The van der Waals surface area contributed by atoms with E-state index in [9.17, 15) is 14.9 Å². The van der Waals surface area contributed by atoms with Gasteiger partial charge < -0.3 is 10.2 Å². The molecule has 1 aliphatic heterocycles. The minimum absolute atomic E-state index is 0.0919. The molecule has 1 saturated heterocycles. The summed E-state index contributed by atoms with van der Waals surface area (Å²) in [5, 5.41) is 16.3. The molecule has 2 aromatic heterocycles. The van der Waals surface area contributed by atoms with Crippen LogP contribution >= 0.6 is 23.1 Å². The smallest absolute Gasteiger partial charge is 0.284 e. The number of aromatic nitrogens is 3. The molecule has 0 unspecified atom stereocenters. The Balaban J connectivity index is 1.24. The molecule has 1 aromatic carbocycles. The van der Waals surface area contributed by atoms with E-state index in [2.05, 4.69) is 30.1 Å². The van der Waals surface area contributed by atoms with E-state index in [1.54, 1.807) is 24.5 Å². The number of nitro benzene ring substituents is 1. The van der Waals surface area contributed by atoms with Crippen LogP contribution in [0.15, 0.2) is 51.3 Å². The maximum Gasteiger partial charge on any atom is 0.284 e. The van der Waals surface area contributed by atoms with Crippen molar-refractivity contribution < 1.29 is 9.72 Å². The van der Waals surface area contributed by atoms with Gasteiger partial charge in [-0.05, 0) is 38.1 Å². The highest BCUT2D eigenvalue weighted by Gasteiger charge is 2.20. The number of aryl methyl sites for hydroxylation is 1. The Morgan fingerprint density at radius 2 is 2.00 bits per heavy atom. The van der Waals surface area contributed by atoms with Crippen LogP contribution in [0.2, 0.25) is 0 Å². The number of benzene rings is 1. The molecule has 178 valence electrons. The summed E-state index contributed by atoms with van der Waals surface area (Å²) in [4.78, 5) is 41.6. The van der Waals surface area contributed by atoms with Gasteiger partial charge in [0.05, 0.1) is 9.82 Å². The Morgan fingerprint density at radius 1 is 1.24 bits per heavy atom. The first-order valence-electron chi connectivity index (χ1n) is 10.9. The van der Waals surface area contributed by atoms with Crippen molar-refractivity contribution >= 4 is 40.6 Å². The summed E-state index contributed by atoms with van der Waals surface area (Å²) >= 11 is 2.67. The number of hydrogen-bond acceptors (Lipinski definition) is 10. The predicted molar refractivity (Wildman–Crippen MR) is 132 cm³/mol. The van der Waals surface area contributed by atoms with Crippen molar-refractivity contribution in [2.24, 2.45) is 0 Å². The van der Waals surface area contributed by atoms with Gasteiger partial charge in [0, 0.05) is 67.8 Å². The number of amides is 1. The van der Waals surface area contributed by atoms with Crippen LogP contribution in [0.4, 0.5) is 11.6 Å². The second-order valence-electron chi connectivity index (χ2n) is 7.78. The number of nitrogens with one attached hydrogen (secondary N) is 1. The number of thiazole rings is 1. The minimum atomic E-state index is -0.459. The summed E-state index contributed by atoms with van der Waals surface area (Å²) in [5.41, 5.74) is 1.06. The van der Waals surface area contributed by atoms with Gasteiger partial charge in [-0.25, -0.2) is 15.0 Å². The summed E-state index contributed by atoms with van der Waals surface area (Å²) in [5.74, 6) is 0.450. The Hall–Kier alpha value is -3.09. The van der Waals surface area contributed by atoms with Gasteiger partial charge in [0.1, 0.15) is 0 Å². The summed E-state index contributed by atoms with van der Waals surface area (Å²) in [7, 11) is 0. The lowest BCUT2D eigenvalue weighted by atomic mass is 10.2. The zero-order valence-electron chi connectivity index (χ0n) is 18.7. The standard InChI is InChI=1S/C22H25N7O3S2/c1-16-15-33-22(26-16)34-19-5-4-17(14-18(19)29(31)32)20(30)23-8-3-9-27-10-12-28(13-11-27)21-24-6-2-7-25-21/h2,4-7,14-15H,3,8-13H2,1H3,(H,23,30). The topological polar surface area (TPSA) is 117 Å². The van der Waals surface area contributed by atoms with E-state index in [-0.39, 0.29) is 17.2 Å². The first-order chi connectivity index (χ1) is 16.5. The van der Waals surface area contributed by atoms with Crippen molar-refractivity contribution in [2.45, 2.75) is 22.6 Å². The molecule has 0 saturated carbocycles.